The van der Waals surface area contributed by atoms with E-state index in [1.807, 2.05) is 42.5 Å². The summed E-state index contributed by atoms with van der Waals surface area (Å²) in [4.78, 5) is 42.9. The standard InChI is InChI=1S/C30H33N5O6/c1-39-26-12-19-5-9-25(26)41-23-4-2-3-20(11-23)18-40-27-16-34(30(38)21-13-31-32-14-21)15-24(27)33-28(36)17-35(22-7-8-22)29(37)10-6-19/h2-5,9,11-14,22,24,27H,6-8,10,15-18H2,1H3,(H,31,32)(H,33,36)/t24-,27-/m0/s1. The predicted molar refractivity (Wildman–Crippen MR) is 148 cm³/mol. The maximum Gasteiger partial charge on any atom is 0.257 e. The van der Waals surface area contributed by atoms with Gasteiger partial charge in [-0.25, -0.2) is 0 Å². The van der Waals surface area contributed by atoms with E-state index in [0.29, 0.717) is 35.8 Å². The number of carbonyl (C=O) groups excluding carboxylic acids is 3. The third-order valence-corrected chi connectivity index (χ3v) is 7.71. The van der Waals surface area contributed by atoms with Crippen LogP contribution in [0.4, 0.5) is 0 Å². The van der Waals surface area contributed by atoms with E-state index in [9.17, 15) is 14.4 Å². The second kappa shape index (κ2) is 11.6. The van der Waals surface area contributed by atoms with Crippen molar-refractivity contribution in [2.75, 3.05) is 26.7 Å². The normalized spacial score (nSPS) is 21.8. The molecule has 0 radical (unpaired) electrons. The van der Waals surface area contributed by atoms with E-state index in [2.05, 4.69) is 15.5 Å². The van der Waals surface area contributed by atoms with Gasteiger partial charge in [0.2, 0.25) is 11.8 Å². The first-order valence-electron chi connectivity index (χ1n) is 13.9. The third-order valence-electron chi connectivity index (χ3n) is 7.71. The SMILES string of the molecule is COc1cc2ccc1Oc1cccc(c1)CO[C@H]1CN(C(=O)c3cn[nH]c3)C[C@@H]1NC(=O)CN(C1CC1)C(=O)CC2. The average molecular weight is 560 g/mol. The van der Waals surface area contributed by atoms with Gasteiger partial charge in [0.25, 0.3) is 5.91 Å². The molecule has 2 aromatic carbocycles. The number of carbonyl (C=O) groups is 3. The summed E-state index contributed by atoms with van der Waals surface area (Å²) in [6.45, 7) is 0.819. The van der Waals surface area contributed by atoms with Crippen LogP contribution in [0.5, 0.6) is 17.2 Å². The summed E-state index contributed by atoms with van der Waals surface area (Å²) in [5.74, 6) is 1.25. The number of benzene rings is 2. The Kier molecular flexibility index (Phi) is 7.60. The van der Waals surface area contributed by atoms with Crippen LogP contribution in [0.2, 0.25) is 0 Å². The number of ether oxygens (including phenoxy) is 3. The Labute approximate surface area is 237 Å². The largest absolute Gasteiger partial charge is 0.493 e. The van der Waals surface area contributed by atoms with Crippen molar-refractivity contribution in [2.24, 2.45) is 0 Å². The highest BCUT2D eigenvalue weighted by Gasteiger charge is 2.39. The third kappa shape index (κ3) is 6.19. The van der Waals surface area contributed by atoms with Gasteiger partial charge in [-0.05, 0) is 54.7 Å². The lowest BCUT2D eigenvalue weighted by atomic mass is 10.1. The van der Waals surface area contributed by atoms with Gasteiger partial charge in [-0.1, -0.05) is 18.2 Å². The highest BCUT2D eigenvalue weighted by Crippen LogP contribution is 2.34. The number of methoxy groups -OCH3 is 1. The number of aromatic amines is 1. The minimum absolute atomic E-state index is 0.0272. The Bertz CT molecular complexity index is 1420. The highest BCUT2D eigenvalue weighted by atomic mass is 16.5. The summed E-state index contributed by atoms with van der Waals surface area (Å²) >= 11 is 0. The molecule has 1 saturated heterocycles. The molecule has 3 aliphatic heterocycles. The zero-order chi connectivity index (χ0) is 28.3. The van der Waals surface area contributed by atoms with Crippen molar-refractivity contribution < 1.29 is 28.6 Å². The van der Waals surface area contributed by atoms with Crippen molar-refractivity contribution in [3.8, 4) is 17.2 Å². The number of H-pyrrole nitrogens is 1. The van der Waals surface area contributed by atoms with Crippen molar-refractivity contribution in [1.29, 1.82) is 0 Å². The second-order valence-corrected chi connectivity index (χ2v) is 10.7. The van der Waals surface area contributed by atoms with E-state index in [4.69, 9.17) is 14.2 Å². The predicted octanol–water partition coefficient (Wildman–Crippen LogP) is 2.67. The molecule has 4 bridgehead atoms. The molecule has 11 heteroatoms. The molecule has 3 aromatic rings. The van der Waals surface area contributed by atoms with E-state index in [0.717, 1.165) is 24.0 Å². The molecule has 7 rings (SSSR count). The van der Waals surface area contributed by atoms with E-state index >= 15 is 0 Å². The summed E-state index contributed by atoms with van der Waals surface area (Å²) in [7, 11) is 1.59. The topological polar surface area (TPSA) is 126 Å². The van der Waals surface area contributed by atoms with Gasteiger partial charge in [0.1, 0.15) is 5.75 Å². The summed E-state index contributed by atoms with van der Waals surface area (Å²) in [6.07, 6.45) is 5.15. The van der Waals surface area contributed by atoms with Gasteiger partial charge >= 0.3 is 0 Å². The maximum atomic E-state index is 13.3. The van der Waals surface area contributed by atoms with Crippen LogP contribution in [0.1, 0.15) is 40.7 Å². The molecule has 1 aliphatic carbocycles. The van der Waals surface area contributed by atoms with E-state index in [-0.39, 0.29) is 49.9 Å². The zero-order valence-corrected chi connectivity index (χ0v) is 22.9. The van der Waals surface area contributed by atoms with Crippen LogP contribution in [0.15, 0.2) is 54.9 Å². The lowest BCUT2D eigenvalue weighted by Crippen LogP contribution is -2.49. The number of hydrogen-bond donors (Lipinski definition) is 2. The molecule has 214 valence electrons. The van der Waals surface area contributed by atoms with Crippen molar-refractivity contribution >= 4 is 17.7 Å². The van der Waals surface area contributed by atoms with E-state index in [1.54, 1.807) is 23.1 Å². The van der Waals surface area contributed by atoms with Gasteiger partial charge in [-0.2, -0.15) is 5.10 Å². The molecule has 3 amide bonds. The smallest absolute Gasteiger partial charge is 0.257 e. The van der Waals surface area contributed by atoms with Crippen LogP contribution in [0.3, 0.4) is 0 Å². The lowest BCUT2D eigenvalue weighted by molar-refractivity contribution is -0.137. The molecule has 4 heterocycles. The van der Waals surface area contributed by atoms with Crippen LogP contribution >= 0.6 is 0 Å². The number of nitrogens with zero attached hydrogens (tertiary/aromatic N) is 3. The molecule has 11 nitrogen and oxygen atoms in total. The fourth-order valence-electron chi connectivity index (χ4n) is 5.39. The monoisotopic (exact) mass is 559 g/mol. The number of likely N-dealkylation sites (tertiary alicyclic amines) is 1. The van der Waals surface area contributed by atoms with Gasteiger partial charge < -0.3 is 29.3 Å². The Morgan fingerprint density at radius 2 is 1.95 bits per heavy atom. The van der Waals surface area contributed by atoms with E-state index in [1.165, 1.54) is 6.20 Å². The van der Waals surface area contributed by atoms with Crippen molar-refractivity contribution in [3.63, 3.8) is 0 Å². The van der Waals surface area contributed by atoms with Gasteiger partial charge in [0.15, 0.2) is 11.5 Å². The van der Waals surface area contributed by atoms with E-state index < -0.39 is 12.1 Å². The zero-order valence-electron chi connectivity index (χ0n) is 22.9. The molecular formula is C30H33N5O6. The summed E-state index contributed by atoms with van der Waals surface area (Å²) < 4.78 is 18.0. The highest BCUT2D eigenvalue weighted by molar-refractivity contribution is 5.94. The molecule has 2 fully saturated rings. The van der Waals surface area contributed by atoms with Gasteiger partial charge in [-0.15, -0.1) is 0 Å². The quantitative estimate of drug-likeness (QED) is 0.505. The molecule has 0 spiro atoms. The average Bonchev–Trinajstić information content (AvgIpc) is 3.51. The Balaban J connectivity index is 1.27. The number of aryl methyl sites for hydroxylation is 1. The van der Waals surface area contributed by atoms with Crippen LogP contribution in [-0.2, 0) is 27.4 Å². The van der Waals surface area contributed by atoms with Crippen LogP contribution in [0, 0.1) is 0 Å². The number of aromatic nitrogens is 2. The molecule has 41 heavy (non-hydrogen) atoms. The summed E-state index contributed by atoms with van der Waals surface area (Å²) in [6, 6.07) is 12.9. The Morgan fingerprint density at radius 1 is 1.07 bits per heavy atom. The lowest BCUT2D eigenvalue weighted by Gasteiger charge is -2.25. The fraction of sp³-hybridized carbons (Fsp3) is 0.400. The number of amides is 3. The molecule has 0 unspecified atom stereocenters. The maximum absolute atomic E-state index is 13.3. The first-order chi connectivity index (χ1) is 20.0. The van der Waals surface area contributed by atoms with Crippen LogP contribution in [-0.4, -0.2) is 82.7 Å². The molecule has 1 aromatic heterocycles. The van der Waals surface area contributed by atoms with Crippen molar-refractivity contribution in [1.82, 2.24) is 25.3 Å². The van der Waals surface area contributed by atoms with Gasteiger partial charge in [0, 0.05) is 31.7 Å². The van der Waals surface area contributed by atoms with Gasteiger partial charge in [0.05, 0.1) is 44.2 Å². The number of rotatable bonds is 3. The fourth-order valence-corrected chi connectivity index (χ4v) is 5.39. The first-order valence-corrected chi connectivity index (χ1v) is 13.9. The molecule has 2 N–H and O–H groups in total. The number of nitrogens with one attached hydrogen (secondary N) is 2. The van der Waals surface area contributed by atoms with Crippen LogP contribution in [0.25, 0.3) is 0 Å². The van der Waals surface area contributed by atoms with Crippen molar-refractivity contribution in [3.05, 3.63) is 71.5 Å². The number of fused-ring (bicyclic) bond motifs is 9. The van der Waals surface area contributed by atoms with Crippen LogP contribution < -0.4 is 14.8 Å². The Morgan fingerprint density at radius 3 is 2.73 bits per heavy atom. The summed E-state index contributed by atoms with van der Waals surface area (Å²) in [5, 5.41) is 9.61. The minimum atomic E-state index is -0.445. The Hall–Kier alpha value is -4.38. The van der Waals surface area contributed by atoms with Crippen molar-refractivity contribution in [2.45, 2.75) is 50.5 Å². The van der Waals surface area contributed by atoms with Gasteiger partial charge in [-0.3, -0.25) is 19.5 Å². The molecule has 4 aliphatic rings. The molecular weight excluding hydrogens is 526 g/mol. The molecule has 2 atom stereocenters. The second-order valence-electron chi connectivity index (χ2n) is 10.7. The first kappa shape index (κ1) is 26.8. The summed E-state index contributed by atoms with van der Waals surface area (Å²) in [5.41, 5.74) is 2.26. The number of hydrogen-bond acceptors (Lipinski definition) is 7. The minimum Gasteiger partial charge on any atom is -0.493 e. The molecule has 1 saturated carbocycles.